The number of hydrogen-bond donors (Lipinski definition) is 1. The lowest BCUT2D eigenvalue weighted by atomic mass is 9.98. The van der Waals surface area contributed by atoms with Crippen LogP contribution in [0.5, 0.6) is 6.01 Å². The van der Waals surface area contributed by atoms with E-state index < -0.39 is 40.1 Å². The number of benzene rings is 1. The van der Waals surface area contributed by atoms with Gasteiger partial charge < -0.3 is 20.3 Å². The minimum absolute atomic E-state index is 0.0440. The highest BCUT2D eigenvalue weighted by molar-refractivity contribution is 5.94. The van der Waals surface area contributed by atoms with Gasteiger partial charge in [-0.05, 0) is 57.0 Å². The molecule has 0 bridgehead atoms. The van der Waals surface area contributed by atoms with Crippen molar-refractivity contribution >= 4 is 28.4 Å². The van der Waals surface area contributed by atoms with E-state index in [1.807, 2.05) is 14.0 Å². The van der Waals surface area contributed by atoms with Crippen LogP contribution < -0.4 is 15.4 Å². The second-order valence-electron chi connectivity index (χ2n) is 11.6. The average molecular weight is 620 g/mol. The number of likely N-dealkylation sites (tertiary alicyclic amines) is 1. The van der Waals surface area contributed by atoms with E-state index >= 15 is 8.78 Å². The van der Waals surface area contributed by atoms with Gasteiger partial charge in [0.1, 0.15) is 29.6 Å². The van der Waals surface area contributed by atoms with E-state index in [9.17, 15) is 18.0 Å². The number of amides is 1. The molecule has 5 rings (SSSR count). The number of hydrogen-bond acceptors (Lipinski definition) is 8. The first-order valence-corrected chi connectivity index (χ1v) is 14.2. The van der Waals surface area contributed by atoms with Crippen molar-refractivity contribution in [3.8, 4) is 17.3 Å². The van der Waals surface area contributed by atoms with Crippen LogP contribution in [0.4, 0.5) is 33.6 Å². The molecule has 2 aliphatic heterocycles. The normalized spacial score (nSPS) is 21.2. The summed E-state index contributed by atoms with van der Waals surface area (Å²) in [6, 6.07) is 1.40. The third-order valence-electron chi connectivity index (χ3n) is 8.29. The van der Waals surface area contributed by atoms with Crippen molar-refractivity contribution in [1.29, 1.82) is 0 Å². The van der Waals surface area contributed by atoms with Gasteiger partial charge in [-0.15, -0.1) is 0 Å². The van der Waals surface area contributed by atoms with Crippen LogP contribution in [0.3, 0.4) is 0 Å². The lowest BCUT2D eigenvalue weighted by molar-refractivity contribution is -0.137. The number of likely N-dealkylation sites (N-methyl/N-ethyl adjacent to an activating group) is 1. The molecule has 3 unspecified atom stereocenters. The lowest BCUT2D eigenvalue weighted by Gasteiger charge is -2.40. The second kappa shape index (κ2) is 11.8. The zero-order valence-corrected chi connectivity index (χ0v) is 24.9. The number of ether oxygens (including phenoxy) is 1. The maximum atomic E-state index is 16.4. The Morgan fingerprint density at radius 2 is 1.89 bits per heavy atom. The Hall–Kier alpha value is -4.07. The third kappa shape index (κ3) is 5.86. The summed E-state index contributed by atoms with van der Waals surface area (Å²) in [4.78, 5) is 30.2. The fourth-order valence-corrected chi connectivity index (χ4v) is 6.22. The average Bonchev–Trinajstić information content (AvgIpc) is 3.26. The predicted molar refractivity (Wildman–Crippen MR) is 156 cm³/mol. The number of nitrogens with zero attached hydrogens (tertiary/aromatic N) is 6. The van der Waals surface area contributed by atoms with Crippen LogP contribution in [-0.4, -0.2) is 82.6 Å². The minimum atomic E-state index is -4.97. The topological polar surface area (TPSA) is 101 Å². The molecule has 3 atom stereocenters. The van der Waals surface area contributed by atoms with Crippen LogP contribution in [0, 0.1) is 24.5 Å². The highest BCUT2D eigenvalue weighted by Gasteiger charge is 2.39. The number of alkyl halides is 3. The summed E-state index contributed by atoms with van der Waals surface area (Å²) in [5, 5.41) is -0.0627. The van der Waals surface area contributed by atoms with E-state index in [4.69, 9.17) is 10.5 Å². The Bertz CT molecular complexity index is 1620. The molecule has 0 radical (unpaired) electrons. The number of piperazine rings is 1. The zero-order chi connectivity index (χ0) is 32.1. The van der Waals surface area contributed by atoms with Crippen LogP contribution in [-0.2, 0) is 11.0 Å². The minimum Gasteiger partial charge on any atom is -0.462 e. The van der Waals surface area contributed by atoms with E-state index in [0.29, 0.717) is 5.92 Å². The number of nitrogens with two attached hydrogens (primary N) is 1. The maximum Gasteiger partial charge on any atom is 0.418 e. The van der Waals surface area contributed by atoms with Crippen molar-refractivity contribution < 1.29 is 31.5 Å². The Labute approximate surface area is 251 Å². The molecule has 2 fully saturated rings. The SMILES string of the molecule is C=CC(=O)N1CCN(c2nc(OCC3CC(C)CN3C)nc3c(F)c(-c4nc(N)cc(C)c4C(F)(F)F)c(F)cc23)C(C)C1. The van der Waals surface area contributed by atoms with E-state index in [1.54, 1.807) is 9.80 Å². The molecule has 2 saturated heterocycles. The van der Waals surface area contributed by atoms with Crippen molar-refractivity contribution in [1.82, 2.24) is 24.8 Å². The first kappa shape index (κ1) is 31.4. The van der Waals surface area contributed by atoms with Crippen molar-refractivity contribution in [3.05, 3.63) is 47.5 Å². The van der Waals surface area contributed by atoms with Crippen LogP contribution in [0.1, 0.15) is 31.4 Å². The quantitative estimate of drug-likeness (QED) is 0.310. The van der Waals surface area contributed by atoms with Gasteiger partial charge in [0.05, 0.1) is 16.8 Å². The van der Waals surface area contributed by atoms with Gasteiger partial charge in [0.25, 0.3) is 0 Å². The first-order valence-electron chi connectivity index (χ1n) is 14.2. The summed E-state index contributed by atoms with van der Waals surface area (Å²) in [6.45, 7) is 10.5. The number of carbonyl (C=O) groups excluding carboxylic acids is 1. The summed E-state index contributed by atoms with van der Waals surface area (Å²) in [6.07, 6.45) is -2.90. The molecule has 236 valence electrons. The van der Waals surface area contributed by atoms with Crippen LogP contribution in [0.15, 0.2) is 24.8 Å². The number of halogens is 5. The smallest absolute Gasteiger partial charge is 0.418 e. The molecule has 2 aliphatic rings. The number of rotatable bonds is 6. The standard InChI is InChI=1S/C30H34F5N7O2/c1-6-22(43)41-7-8-42(17(4)13-41)28-19-11-20(31)23(27-24(30(33,34)35)16(3)10-21(36)37-27)25(32)26(19)38-29(39-28)44-14-18-9-15(2)12-40(18)5/h6,10-11,15,17-18H,1,7-9,12-14H2,2-5H3,(H2,36,37). The fraction of sp³-hybridized carbons (Fsp3) is 0.467. The highest BCUT2D eigenvalue weighted by Crippen LogP contribution is 2.43. The Kier molecular flexibility index (Phi) is 8.40. The number of aryl methyl sites for hydroxylation is 1. The Morgan fingerprint density at radius 3 is 2.50 bits per heavy atom. The van der Waals surface area contributed by atoms with Gasteiger partial charge in [-0.1, -0.05) is 13.5 Å². The highest BCUT2D eigenvalue weighted by atomic mass is 19.4. The molecule has 0 saturated carbocycles. The first-order chi connectivity index (χ1) is 20.7. The molecule has 9 nitrogen and oxygen atoms in total. The molecule has 3 aromatic rings. The van der Waals surface area contributed by atoms with Gasteiger partial charge in [-0.3, -0.25) is 9.69 Å². The van der Waals surface area contributed by atoms with E-state index in [1.165, 1.54) is 6.08 Å². The van der Waals surface area contributed by atoms with Gasteiger partial charge in [0, 0.05) is 43.6 Å². The largest absolute Gasteiger partial charge is 0.462 e. The molecule has 2 aromatic heterocycles. The van der Waals surface area contributed by atoms with Crippen molar-refractivity contribution in [3.63, 3.8) is 0 Å². The van der Waals surface area contributed by atoms with Crippen molar-refractivity contribution in [2.75, 3.05) is 50.5 Å². The molecule has 44 heavy (non-hydrogen) atoms. The zero-order valence-electron chi connectivity index (χ0n) is 24.9. The summed E-state index contributed by atoms with van der Waals surface area (Å²) < 4.78 is 80.6. The maximum absolute atomic E-state index is 16.4. The predicted octanol–water partition coefficient (Wildman–Crippen LogP) is 4.82. The number of nitrogen functional groups attached to an aromatic ring is 1. The number of fused-ring (bicyclic) bond motifs is 1. The van der Waals surface area contributed by atoms with Crippen LogP contribution in [0.2, 0.25) is 0 Å². The number of aromatic nitrogens is 3. The fourth-order valence-electron chi connectivity index (χ4n) is 6.22. The molecule has 0 spiro atoms. The van der Waals surface area contributed by atoms with E-state index in [0.717, 1.165) is 32.0 Å². The Morgan fingerprint density at radius 1 is 1.16 bits per heavy atom. The van der Waals surface area contributed by atoms with Gasteiger partial charge in [0.2, 0.25) is 5.91 Å². The van der Waals surface area contributed by atoms with E-state index in [2.05, 4.69) is 33.4 Å². The summed E-state index contributed by atoms with van der Waals surface area (Å²) in [7, 11) is 1.96. The van der Waals surface area contributed by atoms with Crippen molar-refractivity contribution in [2.45, 2.75) is 45.5 Å². The number of anilines is 2. The van der Waals surface area contributed by atoms with Crippen molar-refractivity contribution in [2.24, 2.45) is 5.92 Å². The second-order valence-corrected chi connectivity index (χ2v) is 11.6. The van der Waals surface area contributed by atoms with Crippen LogP contribution in [0.25, 0.3) is 22.2 Å². The molecule has 4 heterocycles. The van der Waals surface area contributed by atoms with Gasteiger partial charge in [-0.25, -0.2) is 13.8 Å². The monoisotopic (exact) mass is 619 g/mol. The molecule has 1 aromatic carbocycles. The van der Waals surface area contributed by atoms with Crippen LogP contribution >= 0.6 is 0 Å². The Balaban J connectivity index is 1.67. The van der Waals surface area contributed by atoms with Gasteiger partial charge in [-0.2, -0.15) is 23.1 Å². The molecule has 1 amide bonds. The van der Waals surface area contributed by atoms with Gasteiger partial charge in [0.15, 0.2) is 5.82 Å². The van der Waals surface area contributed by atoms with Gasteiger partial charge >= 0.3 is 12.2 Å². The summed E-state index contributed by atoms with van der Waals surface area (Å²) in [5.41, 5.74) is 1.69. The molecule has 0 aliphatic carbocycles. The molecular formula is C30H34F5N7O2. The number of pyridine rings is 1. The summed E-state index contributed by atoms with van der Waals surface area (Å²) in [5.74, 6) is -2.64. The lowest BCUT2D eigenvalue weighted by Crippen LogP contribution is -2.53. The summed E-state index contributed by atoms with van der Waals surface area (Å²) >= 11 is 0. The molecule has 14 heteroatoms. The third-order valence-corrected chi connectivity index (χ3v) is 8.29. The molecular weight excluding hydrogens is 585 g/mol. The number of carbonyl (C=O) groups is 1. The van der Waals surface area contributed by atoms with E-state index in [-0.39, 0.29) is 72.8 Å². The molecule has 2 N–H and O–H groups in total.